The Balaban J connectivity index is 1.71. The highest BCUT2D eigenvalue weighted by atomic mass is 16.2. The van der Waals surface area contributed by atoms with Crippen molar-refractivity contribution >= 4 is 22.6 Å². The molecule has 0 saturated carbocycles. The maximum absolute atomic E-state index is 13.0. The van der Waals surface area contributed by atoms with E-state index in [2.05, 4.69) is 20.2 Å². The molecule has 7 heteroatoms. The van der Waals surface area contributed by atoms with Crippen molar-refractivity contribution in [2.24, 2.45) is 0 Å². The number of amides is 1. The van der Waals surface area contributed by atoms with E-state index in [0.717, 1.165) is 29.4 Å². The third-order valence-corrected chi connectivity index (χ3v) is 4.41. The molecule has 1 aliphatic heterocycles. The summed E-state index contributed by atoms with van der Waals surface area (Å²) in [5, 5.41) is 7.99. The first-order valence-corrected chi connectivity index (χ1v) is 7.98. The van der Waals surface area contributed by atoms with E-state index in [4.69, 9.17) is 5.73 Å². The lowest BCUT2D eigenvalue weighted by Crippen LogP contribution is -2.31. The van der Waals surface area contributed by atoms with E-state index in [-0.39, 0.29) is 11.9 Å². The second-order valence-corrected chi connectivity index (χ2v) is 6.04. The highest BCUT2D eigenvalue weighted by Gasteiger charge is 2.33. The Kier molecular flexibility index (Phi) is 3.41. The number of para-hydroxylation sites is 1. The molecule has 3 heterocycles. The molecule has 1 atom stereocenters. The fourth-order valence-corrected chi connectivity index (χ4v) is 3.37. The van der Waals surface area contributed by atoms with Gasteiger partial charge in [0.2, 0.25) is 0 Å². The minimum Gasteiger partial charge on any atom is -0.384 e. The van der Waals surface area contributed by atoms with Crippen LogP contribution in [-0.2, 0) is 0 Å². The molecular weight excluding hydrogens is 304 g/mol. The smallest absolute Gasteiger partial charge is 0.275 e. The second kappa shape index (κ2) is 5.59. The summed E-state index contributed by atoms with van der Waals surface area (Å²) in [5.41, 5.74) is 7.96. The molecule has 0 spiro atoms. The first-order chi connectivity index (χ1) is 11.6. The summed E-state index contributed by atoms with van der Waals surface area (Å²) in [7, 11) is 0. The third-order valence-electron chi connectivity index (χ3n) is 4.41. The summed E-state index contributed by atoms with van der Waals surface area (Å²) in [5.74, 6) is 0.973. The van der Waals surface area contributed by atoms with Crippen LogP contribution in [0, 0.1) is 6.92 Å². The van der Waals surface area contributed by atoms with Gasteiger partial charge in [0, 0.05) is 18.0 Å². The summed E-state index contributed by atoms with van der Waals surface area (Å²) in [6.07, 6.45) is 1.80. The number of aromatic amines is 1. The molecule has 0 unspecified atom stereocenters. The van der Waals surface area contributed by atoms with Crippen LogP contribution in [0.5, 0.6) is 0 Å². The van der Waals surface area contributed by atoms with Crippen LogP contribution in [0.1, 0.15) is 40.9 Å². The SMILES string of the molecule is Cc1nc(N)cc([C@@H]2CCCN2C(=O)c2n[nH]c3ccccc23)n1. The number of likely N-dealkylation sites (tertiary alicyclic amines) is 1. The van der Waals surface area contributed by atoms with Crippen LogP contribution in [-0.4, -0.2) is 37.5 Å². The second-order valence-electron chi connectivity index (χ2n) is 6.04. The lowest BCUT2D eigenvalue weighted by Gasteiger charge is -2.24. The molecule has 1 fully saturated rings. The number of nitrogens with one attached hydrogen (secondary N) is 1. The summed E-state index contributed by atoms with van der Waals surface area (Å²) >= 11 is 0. The van der Waals surface area contributed by atoms with E-state index in [1.807, 2.05) is 36.1 Å². The number of carbonyl (C=O) groups excluding carboxylic acids is 1. The zero-order chi connectivity index (χ0) is 16.7. The van der Waals surface area contributed by atoms with Crippen molar-refractivity contribution in [2.45, 2.75) is 25.8 Å². The summed E-state index contributed by atoms with van der Waals surface area (Å²) in [4.78, 5) is 23.5. The standard InChI is InChI=1S/C17H18N6O/c1-10-19-13(9-15(18)20-10)14-7-4-8-23(14)17(24)16-11-5-2-3-6-12(11)21-22-16/h2-3,5-6,9,14H,4,7-8H2,1H3,(H,21,22)(H2,18,19,20)/t14-/m0/s1. The number of hydrogen-bond donors (Lipinski definition) is 2. The van der Waals surface area contributed by atoms with Crippen molar-refractivity contribution in [3.05, 3.63) is 47.5 Å². The highest BCUT2D eigenvalue weighted by molar-refractivity contribution is 6.04. The predicted molar refractivity (Wildman–Crippen MR) is 90.3 cm³/mol. The number of rotatable bonds is 2. The minimum absolute atomic E-state index is 0.0789. The molecule has 1 aromatic carbocycles. The van der Waals surface area contributed by atoms with Crippen LogP contribution in [0.4, 0.5) is 5.82 Å². The Morgan fingerprint density at radius 1 is 1.33 bits per heavy atom. The predicted octanol–water partition coefficient (Wildman–Crippen LogP) is 2.22. The number of H-pyrrole nitrogens is 1. The molecule has 24 heavy (non-hydrogen) atoms. The average molecular weight is 322 g/mol. The van der Waals surface area contributed by atoms with Gasteiger partial charge in [0.05, 0.1) is 17.3 Å². The molecule has 3 N–H and O–H groups in total. The van der Waals surface area contributed by atoms with E-state index < -0.39 is 0 Å². The van der Waals surface area contributed by atoms with Gasteiger partial charge in [0.25, 0.3) is 5.91 Å². The molecule has 1 saturated heterocycles. The van der Waals surface area contributed by atoms with Crippen molar-refractivity contribution in [1.82, 2.24) is 25.1 Å². The van der Waals surface area contributed by atoms with Crippen LogP contribution >= 0.6 is 0 Å². The normalized spacial score (nSPS) is 17.5. The van der Waals surface area contributed by atoms with E-state index >= 15 is 0 Å². The number of aromatic nitrogens is 4. The van der Waals surface area contributed by atoms with Crippen LogP contribution in [0.2, 0.25) is 0 Å². The number of fused-ring (bicyclic) bond motifs is 1. The summed E-state index contributed by atoms with van der Waals surface area (Å²) in [6, 6.07) is 9.31. The van der Waals surface area contributed by atoms with Gasteiger partial charge in [-0.25, -0.2) is 9.97 Å². The first kappa shape index (κ1) is 14.6. The van der Waals surface area contributed by atoms with Gasteiger partial charge in [-0.3, -0.25) is 9.89 Å². The van der Waals surface area contributed by atoms with Crippen LogP contribution in [0.25, 0.3) is 10.9 Å². The first-order valence-electron chi connectivity index (χ1n) is 7.98. The molecule has 1 aliphatic rings. The van der Waals surface area contributed by atoms with Crippen molar-refractivity contribution in [1.29, 1.82) is 0 Å². The third kappa shape index (κ3) is 2.38. The number of aryl methyl sites for hydroxylation is 1. The number of carbonyl (C=O) groups is 1. The Bertz CT molecular complexity index is 898. The van der Waals surface area contributed by atoms with Gasteiger partial charge in [-0.2, -0.15) is 5.10 Å². The molecule has 122 valence electrons. The lowest BCUT2D eigenvalue weighted by molar-refractivity contribution is 0.0728. The number of benzene rings is 1. The number of nitrogens with zero attached hydrogens (tertiary/aromatic N) is 4. The van der Waals surface area contributed by atoms with E-state index in [9.17, 15) is 4.79 Å². The van der Waals surface area contributed by atoms with Crippen molar-refractivity contribution in [3.63, 3.8) is 0 Å². The Morgan fingerprint density at radius 3 is 3.00 bits per heavy atom. The molecule has 7 nitrogen and oxygen atoms in total. The van der Waals surface area contributed by atoms with E-state index in [1.54, 1.807) is 6.07 Å². The van der Waals surface area contributed by atoms with Crippen molar-refractivity contribution in [3.8, 4) is 0 Å². The molecular formula is C17H18N6O. The number of hydrogen-bond acceptors (Lipinski definition) is 5. The Hall–Kier alpha value is -2.96. The molecule has 0 bridgehead atoms. The van der Waals surface area contributed by atoms with Crippen molar-refractivity contribution < 1.29 is 4.79 Å². The maximum Gasteiger partial charge on any atom is 0.275 e. The average Bonchev–Trinajstić information content (AvgIpc) is 3.20. The zero-order valence-corrected chi connectivity index (χ0v) is 13.4. The molecule has 1 amide bonds. The van der Waals surface area contributed by atoms with Crippen LogP contribution in [0.3, 0.4) is 0 Å². The van der Waals surface area contributed by atoms with Gasteiger partial charge in [0.1, 0.15) is 11.6 Å². The van der Waals surface area contributed by atoms with Gasteiger partial charge in [-0.15, -0.1) is 0 Å². The summed E-state index contributed by atoms with van der Waals surface area (Å²) < 4.78 is 0. The topological polar surface area (TPSA) is 101 Å². The van der Waals surface area contributed by atoms with Gasteiger partial charge in [-0.1, -0.05) is 18.2 Å². The molecule has 3 aromatic rings. The Morgan fingerprint density at radius 2 is 2.17 bits per heavy atom. The zero-order valence-electron chi connectivity index (χ0n) is 13.4. The largest absolute Gasteiger partial charge is 0.384 e. The summed E-state index contributed by atoms with van der Waals surface area (Å²) in [6.45, 7) is 2.50. The van der Waals surface area contributed by atoms with E-state index in [1.165, 1.54) is 0 Å². The minimum atomic E-state index is -0.0861. The number of anilines is 1. The molecule has 2 aromatic heterocycles. The van der Waals surface area contributed by atoms with Crippen molar-refractivity contribution in [2.75, 3.05) is 12.3 Å². The van der Waals surface area contributed by atoms with E-state index in [0.29, 0.717) is 23.9 Å². The highest BCUT2D eigenvalue weighted by Crippen LogP contribution is 2.33. The van der Waals surface area contributed by atoms with Crippen LogP contribution < -0.4 is 5.73 Å². The fraction of sp³-hybridized carbons (Fsp3) is 0.294. The lowest BCUT2D eigenvalue weighted by atomic mass is 10.1. The number of nitrogen functional groups attached to an aromatic ring is 1. The Labute approximate surface area is 138 Å². The molecule has 0 radical (unpaired) electrons. The quantitative estimate of drug-likeness (QED) is 0.753. The molecule has 4 rings (SSSR count). The van der Waals surface area contributed by atoms with Gasteiger partial charge in [-0.05, 0) is 25.8 Å². The van der Waals surface area contributed by atoms with Crippen LogP contribution in [0.15, 0.2) is 30.3 Å². The van der Waals surface area contributed by atoms with Gasteiger partial charge < -0.3 is 10.6 Å². The number of nitrogens with two attached hydrogens (primary N) is 1. The van der Waals surface area contributed by atoms with Gasteiger partial charge >= 0.3 is 0 Å². The fourth-order valence-electron chi connectivity index (χ4n) is 3.37. The molecule has 0 aliphatic carbocycles. The monoisotopic (exact) mass is 322 g/mol. The van der Waals surface area contributed by atoms with Gasteiger partial charge in [0.15, 0.2) is 5.69 Å². The maximum atomic E-state index is 13.0.